The molecule has 40 heavy (non-hydrogen) atoms. The molecule has 0 saturated heterocycles. The number of carbonyl (C=O) groups excluding carboxylic acids is 1. The number of aryl methyl sites for hydroxylation is 2. The summed E-state index contributed by atoms with van der Waals surface area (Å²) < 4.78 is 83.2. The molecular formula is C28H27F6N3O3. The standard InChI is InChI=1S/C28H27F6N3O3/c1-26(13-5-2-6-14-26)22-18-10-4-3-8-17(18)9-7-11-21-35-20-16-36(15-12-19(20)23(38)37(21)22)25(39)40-24(27(29,30)31)28(32,33)34/h2-6,8,10,13,22,24H,7,9,11-12,14-16H2,1H3. The predicted octanol–water partition coefficient (Wildman–Crippen LogP) is 5.83. The number of benzene rings is 1. The maximum atomic E-state index is 14.1. The zero-order valence-electron chi connectivity index (χ0n) is 21.6. The summed E-state index contributed by atoms with van der Waals surface area (Å²) in [4.78, 5) is 31.9. The van der Waals surface area contributed by atoms with Crippen molar-refractivity contribution in [2.75, 3.05) is 6.54 Å². The van der Waals surface area contributed by atoms with Crippen LogP contribution in [0.25, 0.3) is 0 Å². The first-order valence-electron chi connectivity index (χ1n) is 12.9. The summed E-state index contributed by atoms with van der Waals surface area (Å²) in [7, 11) is 0. The van der Waals surface area contributed by atoms with Gasteiger partial charge in [-0.2, -0.15) is 26.3 Å². The number of fused-ring (bicyclic) bond motifs is 3. The molecule has 2 atom stereocenters. The van der Waals surface area contributed by atoms with E-state index in [1.165, 1.54) is 0 Å². The minimum absolute atomic E-state index is 0.0833. The molecule has 1 aliphatic carbocycles. The first-order chi connectivity index (χ1) is 18.8. The van der Waals surface area contributed by atoms with E-state index in [9.17, 15) is 35.9 Å². The molecule has 0 spiro atoms. The number of hydrogen-bond acceptors (Lipinski definition) is 4. The minimum atomic E-state index is -5.82. The third-order valence-corrected chi connectivity index (χ3v) is 7.77. The molecule has 1 amide bonds. The second-order valence-corrected chi connectivity index (χ2v) is 10.6. The van der Waals surface area contributed by atoms with Crippen molar-refractivity contribution in [3.05, 3.63) is 87.1 Å². The Kier molecular flexibility index (Phi) is 7.08. The minimum Gasteiger partial charge on any atom is -0.426 e. The normalized spacial score (nSPS) is 22.7. The van der Waals surface area contributed by atoms with Crippen LogP contribution in [-0.4, -0.2) is 45.5 Å². The quantitative estimate of drug-likeness (QED) is 0.429. The van der Waals surface area contributed by atoms with E-state index in [4.69, 9.17) is 4.98 Å². The van der Waals surface area contributed by atoms with E-state index in [0.717, 1.165) is 22.4 Å². The highest BCUT2D eigenvalue weighted by molar-refractivity contribution is 5.68. The van der Waals surface area contributed by atoms with E-state index in [0.29, 0.717) is 25.1 Å². The third kappa shape index (κ3) is 5.15. The van der Waals surface area contributed by atoms with E-state index in [-0.39, 0.29) is 29.8 Å². The molecule has 2 aromatic rings. The van der Waals surface area contributed by atoms with Crippen molar-refractivity contribution in [3.8, 4) is 0 Å². The Balaban J connectivity index is 1.54. The van der Waals surface area contributed by atoms with E-state index in [1.807, 2.05) is 36.4 Å². The Bertz CT molecular complexity index is 1410. The van der Waals surface area contributed by atoms with Crippen LogP contribution in [0.2, 0.25) is 0 Å². The summed E-state index contributed by atoms with van der Waals surface area (Å²) in [6, 6.07) is 7.55. The van der Waals surface area contributed by atoms with E-state index in [2.05, 4.69) is 23.8 Å². The van der Waals surface area contributed by atoms with Gasteiger partial charge in [-0.3, -0.25) is 9.36 Å². The molecule has 0 saturated carbocycles. The number of ether oxygens (including phenoxy) is 1. The molecule has 3 heterocycles. The molecule has 0 fully saturated rings. The molecule has 2 unspecified atom stereocenters. The summed E-state index contributed by atoms with van der Waals surface area (Å²) in [5.74, 6) is 0.464. The average Bonchev–Trinajstić information content (AvgIpc) is 2.87. The first kappa shape index (κ1) is 28.0. The second-order valence-electron chi connectivity index (χ2n) is 10.6. The van der Waals surface area contributed by atoms with Crippen molar-refractivity contribution in [1.29, 1.82) is 0 Å². The van der Waals surface area contributed by atoms with Crippen LogP contribution in [0.1, 0.15) is 54.0 Å². The highest BCUT2D eigenvalue weighted by Crippen LogP contribution is 2.45. The van der Waals surface area contributed by atoms with Crippen LogP contribution in [0.5, 0.6) is 0 Å². The number of carbonyl (C=O) groups is 1. The lowest BCUT2D eigenvalue weighted by molar-refractivity contribution is -0.308. The molecule has 2 aliphatic heterocycles. The molecule has 6 nitrogen and oxygen atoms in total. The van der Waals surface area contributed by atoms with Gasteiger partial charge in [0.1, 0.15) is 5.82 Å². The number of alkyl halides is 6. The fraction of sp³-hybridized carbons (Fsp3) is 0.464. The average molecular weight is 568 g/mol. The molecule has 1 aromatic heterocycles. The van der Waals surface area contributed by atoms with E-state index < -0.39 is 42.6 Å². The van der Waals surface area contributed by atoms with E-state index >= 15 is 0 Å². The number of amides is 1. The summed E-state index contributed by atoms with van der Waals surface area (Å²) in [5, 5.41) is 0. The van der Waals surface area contributed by atoms with Gasteiger partial charge in [0.2, 0.25) is 0 Å². The molecule has 0 radical (unpaired) electrons. The Morgan fingerprint density at radius 1 is 1.07 bits per heavy atom. The van der Waals surface area contributed by atoms with Crippen molar-refractivity contribution in [3.63, 3.8) is 0 Å². The van der Waals surface area contributed by atoms with Crippen molar-refractivity contribution >= 4 is 6.09 Å². The zero-order chi connectivity index (χ0) is 28.9. The van der Waals surface area contributed by atoms with Crippen molar-refractivity contribution in [1.82, 2.24) is 14.5 Å². The zero-order valence-corrected chi connectivity index (χ0v) is 21.6. The largest absolute Gasteiger partial charge is 0.434 e. The van der Waals surface area contributed by atoms with Crippen LogP contribution in [-0.2, 0) is 30.5 Å². The summed E-state index contributed by atoms with van der Waals surface area (Å²) in [5.41, 5.74) is 1.80. The lowest BCUT2D eigenvalue weighted by Crippen LogP contribution is -2.49. The van der Waals surface area contributed by atoms with Crippen LogP contribution >= 0.6 is 0 Å². The SMILES string of the molecule is CC1(C2c3ccccc3CCCc3nc4c(c(=O)n32)CCN(C(=O)OC(C(F)(F)F)C(F)(F)F)C4)C=CC=CC1. The molecule has 12 heteroatoms. The Morgan fingerprint density at radius 3 is 2.48 bits per heavy atom. The van der Waals surface area contributed by atoms with Crippen LogP contribution in [0, 0.1) is 5.41 Å². The van der Waals surface area contributed by atoms with Gasteiger partial charge in [0, 0.05) is 23.9 Å². The number of rotatable bonds is 2. The smallest absolute Gasteiger partial charge is 0.426 e. The molecule has 5 rings (SSSR count). The first-order valence-corrected chi connectivity index (χ1v) is 12.9. The van der Waals surface area contributed by atoms with Gasteiger partial charge in [-0.15, -0.1) is 0 Å². The van der Waals surface area contributed by atoms with Gasteiger partial charge < -0.3 is 9.64 Å². The number of halogens is 6. The fourth-order valence-corrected chi connectivity index (χ4v) is 5.85. The van der Waals surface area contributed by atoms with Gasteiger partial charge in [-0.05, 0) is 36.8 Å². The summed E-state index contributed by atoms with van der Waals surface area (Å²) >= 11 is 0. The van der Waals surface area contributed by atoms with Crippen molar-refractivity contribution in [2.24, 2.45) is 5.41 Å². The third-order valence-electron chi connectivity index (χ3n) is 7.77. The molecule has 214 valence electrons. The molecule has 3 aliphatic rings. The maximum absolute atomic E-state index is 14.1. The van der Waals surface area contributed by atoms with Crippen LogP contribution < -0.4 is 5.56 Å². The fourth-order valence-electron chi connectivity index (χ4n) is 5.85. The lowest BCUT2D eigenvalue weighted by Gasteiger charge is -2.41. The van der Waals surface area contributed by atoms with Gasteiger partial charge >= 0.3 is 18.4 Å². The molecule has 1 aromatic carbocycles. The van der Waals surface area contributed by atoms with Crippen molar-refractivity contribution < 1.29 is 35.9 Å². The van der Waals surface area contributed by atoms with Gasteiger partial charge in [0.05, 0.1) is 18.3 Å². The van der Waals surface area contributed by atoms with Crippen LogP contribution in [0.3, 0.4) is 0 Å². The van der Waals surface area contributed by atoms with E-state index in [1.54, 1.807) is 4.57 Å². The Hall–Kier alpha value is -3.57. The Morgan fingerprint density at radius 2 is 1.80 bits per heavy atom. The second kappa shape index (κ2) is 10.1. The van der Waals surface area contributed by atoms with Crippen molar-refractivity contribution in [2.45, 2.75) is 70.1 Å². The van der Waals surface area contributed by atoms with Gasteiger partial charge in [0.25, 0.3) is 11.7 Å². The Labute approximate surface area is 225 Å². The highest BCUT2D eigenvalue weighted by atomic mass is 19.4. The van der Waals surface area contributed by atoms with Gasteiger partial charge in [-0.25, -0.2) is 9.78 Å². The van der Waals surface area contributed by atoms with Crippen LogP contribution in [0.4, 0.5) is 31.1 Å². The number of hydrogen-bond donors (Lipinski definition) is 0. The summed E-state index contributed by atoms with van der Waals surface area (Å²) in [6.07, 6.45) is -7.23. The maximum Gasteiger partial charge on any atom is 0.434 e. The predicted molar refractivity (Wildman–Crippen MR) is 133 cm³/mol. The number of nitrogens with zero attached hydrogens (tertiary/aromatic N) is 3. The topological polar surface area (TPSA) is 64.4 Å². The lowest BCUT2D eigenvalue weighted by atomic mass is 9.72. The molecule has 0 bridgehead atoms. The van der Waals surface area contributed by atoms with Gasteiger partial charge in [0.15, 0.2) is 0 Å². The summed E-state index contributed by atoms with van der Waals surface area (Å²) in [6.45, 7) is 1.35. The monoisotopic (exact) mass is 567 g/mol. The highest BCUT2D eigenvalue weighted by Gasteiger charge is 2.60. The molecule has 0 N–H and O–H groups in total. The van der Waals surface area contributed by atoms with Crippen LogP contribution in [0.15, 0.2) is 53.4 Å². The number of allylic oxidation sites excluding steroid dienone is 4. The van der Waals surface area contributed by atoms with Gasteiger partial charge in [-0.1, -0.05) is 55.5 Å². The molecular weight excluding hydrogens is 540 g/mol. The number of aromatic nitrogens is 2.